The van der Waals surface area contributed by atoms with E-state index in [4.69, 9.17) is 10.2 Å². The molecule has 0 fully saturated rings. The molecule has 0 aromatic heterocycles. The van der Waals surface area contributed by atoms with Gasteiger partial charge in [-0.25, -0.2) is 20.0 Å². The third kappa shape index (κ3) is 4.37. The van der Waals surface area contributed by atoms with Crippen molar-refractivity contribution >= 4 is 12.2 Å². The Bertz CT molecular complexity index is 180. The van der Waals surface area contributed by atoms with Crippen molar-refractivity contribution in [1.82, 2.24) is 10.4 Å². The maximum absolute atomic E-state index is 10.4. The largest absolute Gasteiger partial charge is 0.464 e. The lowest BCUT2D eigenvalue weighted by atomic mass is 10.2. The van der Waals surface area contributed by atoms with Gasteiger partial charge >= 0.3 is 12.2 Å². The van der Waals surface area contributed by atoms with Gasteiger partial charge in [-0.15, -0.1) is 0 Å². The topological polar surface area (TPSA) is 89.9 Å². The monoisotopic (exact) mass is 176 g/mol. The van der Waals surface area contributed by atoms with E-state index in [1.807, 2.05) is 0 Å². The lowest BCUT2D eigenvalue weighted by Gasteiger charge is -2.19. The van der Waals surface area contributed by atoms with Gasteiger partial charge in [-0.3, -0.25) is 0 Å². The summed E-state index contributed by atoms with van der Waals surface area (Å²) < 4.78 is 0. The van der Waals surface area contributed by atoms with Gasteiger partial charge in [-0.05, 0) is 5.92 Å². The second-order valence-corrected chi connectivity index (χ2v) is 2.70. The molecule has 0 spiro atoms. The molecule has 0 aliphatic rings. The second-order valence-electron chi connectivity index (χ2n) is 2.70. The Hall–Kier alpha value is -1.46. The molecule has 0 rings (SSSR count). The fourth-order valence-electron chi connectivity index (χ4n) is 0.652. The highest BCUT2D eigenvalue weighted by Crippen LogP contribution is 1.95. The molecule has 0 radical (unpaired) electrons. The highest BCUT2D eigenvalue weighted by Gasteiger charge is 2.14. The molecule has 6 heteroatoms. The quantitative estimate of drug-likeness (QED) is 0.543. The van der Waals surface area contributed by atoms with E-state index in [-0.39, 0.29) is 12.5 Å². The highest BCUT2D eigenvalue weighted by atomic mass is 16.4. The van der Waals surface area contributed by atoms with E-state index in [0.717, 1.165) is 0 Å². The summed E-state index contributed by atoms with van der Waals surface area (Å²) in [4.78, 5) is 20.5. The van der Waals surface area contributed by atoms with E-state index in [0.29, 0.717) is 5.01 Å². The van der Waals surface area contributed by atoms with Crippen LogP contribution in [-0.4, -0.2) is 34.0 Å². The van der Waals surface area contributed by atoms with Gasteiger partial charge in [-0.1, -0.05) is 13.8 Å². The molecular weight excluding hydrogens is 164 g/mol. The first kappa shape index (κ1) is 10.5. The molecule has 0 saturated heterocycles. The molecular formula is C6H12N2O4. The van der Waals surface area contributed by atoms with Gasteiger partial charge in [0.2, 0.25) is 0 Å². The smallest absolute Gasteiger partial charge is 0.426 e. The number of carboxylic acid groups (broad SMARTS) is 2. The lowest BCUT2D eigenvalue weighted by molar-refractivity contribution is 0.104. The van der Waals surface area contributed by atoms with Crippen molar-refractivity contribution in [3.8, 4) is 0 Å². The number of hydrazine groups is 1. The van der Waals surface area contributed by atoms with Crippen molar-refractivity contribution in [3.05, 3.63) is 0 Å². The minimum atomic E-state index is -1.38. The van der Waals surface area contributed by atoms with Crippen LogP contribution in [0.4, 0.5) is 9.59 Å². The standard InChI is InChI=1S/C6H12N2O4/c1-4(2)3-8(6(11)12)7-5(9)10/h4,7H,3H2,1-2H3,(H,9,10)(H,11,12). The maximum atomic E-state index is 10.4. The van der Waals surface area contributed by atoms with Crippen LogP contribution in [0.5, 0.6) is 0 Å². The number of rotatable bonds is 2. The van der Waals surface area contributed by atoms with Crippen LogP contribution in [-0.2, 0) is 0 Å². The number of nitrogens with zero attached hydrogens (tertiary/aromatic N) is 1. The van der Waals surface area contributed by atoms with E-state index >= 15 is 0 Å². The minimum absolute atomic E-state index is 0.0768. The van der Waals surface area contributed by atoms with Crippen LogP contribution >= 0.6 is 0 Å². The molecule has 3 N–H and O–H groups in total. The number of nitrogens with one attached hydrogen (secondary N) is 1. The van der Waals surface area contributed by atoms with Gasteiger partial charge in [0, 0.05) is 6.54 Å². The zero-order valence-corrected chi connectivity index (χ0v) is 6.94. The van der Waals surface area contributed by atoms with Gasteiger partial charge in [-0.2, -0.15) is 0 Å². The SMILES string of the molecule is CC(C)CN(NC(=O)O)C(=O)O. The molecule has 0 aliphatic heterocycles. The van der Waals surface area contributed by atoms with Crippen LogP contribution in [0.2, 0.25) is 0 Å². The summed E-state index contributed by atoms with van der Waals surface area (Å²) in [7, 11) is 0. The van der Waals surface area contributed by atoms with E-state index in [9.17, 15) is 9.59 Å². The predicted molar refractivity (Wildman–Crippen MR) is 40.7 cm³/mol. The third-order valence-corrected chi connectivity index (χ3v) is 1.01. The van der Waals surface area contributed by atoms with E-state index in [2.05, 4.69) is 0 Å². The summed E-state index contributed by atoms with van der Waals surface area (Å²) in [5, 5.41) is 17.3. The van der Waals surface area contributed by atoms with Crippen LogP contribution in [0, 0.1) is 5.92 Å². The van der Waals surface area contributed by atoms with Crippen molar-refractivity contribution in [3.63, 3.8) is 0 Å². The van der Waals surface area contributed by atoms with Crippen LogP contribution in [0.3, 0.4) is 0 Å². The first-order valence-corrected chi connectivity index (χ1v) is 3.43. The van der Waals surface area contributed by atoms with Crippen molar-refractivity contribution in [1.29, 1.82) is 0 Å². The molecule has 2 amide bonds. The lowest BCUT2D eigenvalue weighted by Crippen LogP contribution is -2.46. The normalized spacial score (nSPS) is 9.58. The Morgan fingerprint density at radius 2 is 1.92 bits per heavy atom. The van der Waals surface area contributed by atoms with Gasteiger partial charge in [0.05, 0.1) is 0 Å². The molecule has 0 bridgehead atoms. The summed E-state index contributed by atoms with van der Waals surface area (Å²) in [5.41, 5.74) is 1.76. The first-order chi connectivity index (χ1) is 5.43. The fraction of sp³-hybridized carbons (Fsp3) is 0.667. The van der Waals surface area contributed by atoms with Crippen LogP contribution in [0.1, 0.15) is 13.8 Å². The molecule has 70 valence electrons. The zero-order chi connectivity index (χ0) is 9.72. The molecule has 0 saturated carbocycles. The van der Waals surface area contributed by atoms with E-state index in [1.165, 1.54) is 0 Å². The molecule has 6 nitrogen and oxygen atoms in total. The molecule has 0 unspecified atom stereocenters. The summed E-state index contributed by atoms with van der Waals surface area (Å²) >= 11 is 0. The predicted octanol–water partition coefficient (Wildman–Crippen LogP) is 0.805. The van der Waals surface area contributed by atoms with Gasteiger partial charge in [0.1, 0.15) is 0 Å². The summed E-state index contributed by atoms with van der Waals surface area (Å²) in [5.74, 6) is 0.0768. The highest BCUT2D eigenvalue weighted by molar-refractivity contribution is 5.71. The van der Waals surface area contributed by atoms with Gasteiger partial charge < -0.3 is 10.2 Å². The maximum Gasteiger partial charge on any atom is 0.426 e. The van der Waals surface area contributed by atoms with Crippen molar-refractivity contribution < 1.29 is 19.8 Å². The Morgan fingerprint density at radius 3 is 2.17 bits per heavy atom. The number of amides is 2. The molecule has 0 aromatic carbocycles. The number of carbonyl (C=O) groups is 2. The average molecular weight is 176 g/mol. The minimum Gasteiger partial charge on any atom is -0.464 e. The molecule has 12 heavy (non-hydrogen) atoms. The fourth-order valence-corrected chi connectivity index (χ4v) is 0.652. The van der Waals surface area contributed by atoms with Crippen LogP contribution < -0.4 is 5.43 Å². The number of hydrogen-bond donors (Lipinski definition) is 3. The Morgan fingerprint density at radius 1 is 1.42 bits per heavy atom. The van der Waals surface area contributed by atoms with Crippen molar-refractivity contribution in [2.24, 2.45) is 5.92 Å². The van der Waals surface area contributed by atoms with Gasteiger partial charge in [0.15, 0.2) is 0 Å². The number of hydrogen-bond acceptors (Lipinski definition) is 2. The van der Waals surface area contributed by atoms with Gasteiger partial charge in [0.25, 0.3) is 0 Å². The van der Waals surface area contributed by atoms with Crippen molar-refractivity contribution in [2.45, 2.75) is 13.8 Å². The second kappa shape index (κ2) is 4.42. The average Bonchev–Trinajstić information content (AvgIpc) is 1.83. The molecule has 0 aromatic rings. The Kier molecular flexibility index (Phi) is 3.89. The molecule has 0 atom stereocenters. The van der Waals surface area contributed by atoms with Crippen molar-refractivity contribution in [2.75, 3.05) is 6.54 Å². The van der Waals surface area contributed by atoms with Crippen LogP contribution in [0.25, 0.3) is 0 Å². The first-order valence-electron chi connectivity index (χ1n) is 3.43. The molecule has 0 aliphatic carbocycles. The summed E-state index contributed by atoms with van der Waals surface area (Å²) in [6.07, 6.45) is -2.68. The van der Waals surface area contributed by atoms with E-state index < -0.39 is 12.2 Å². The third-order valence-electron chi connectivity index (χ3n) is 1.01. The zero-order valence-electron chi connectivity index (χ0n) is 6.94. The Balaban J connectivity index is 4.04. The van der Waals surface area contributed by atoms with E-state index in [1.54, 1.807) is 19.3 Å². The Labute approximate surface area is 69.8 Å². The molecule has 0 heterocycles. The summed E-state index contributed by atoms with van der Waals surface area (Å²) in [6.45, 7) is 3.72. The van der Waals surface area contributed by atoms with Crippen LogP contribution in [0.15, 0.2) is 0 Å². The summed E-state index contributed by atoms with van der Waals surface area (Å²) in [6, 6.07) is 0.